The first-order valence-electron chi connectivity index (χ1n) is 9.09. The van der Waals surface area contributed by atoms with E-state index in [-0.39, 0.29) is 0 Å². The van der Waals surface area contributed by atoms with Gasteiger partial charge in [0.1, 0.15) is 17.0 Å². The van der Waals surface area contributed by atoms with E-state index in [0.29, 0.717) is 50.1 Å². The molecule has 0 amide bonds. The first kappa shape index (κ1) is 22.8. The highest BCUT2D eigenvalue weighted by molar-refractivity contribution is 6.41. The Morgan fingerprint density at radius 1 is 0.931 bits per heavy atom. The minimum Gasteiger partial charge on any atom is -0.495 e. The maximum atomic E-state index is 6.51. The number of benzene rings is 1. The maximum absolute atomic E-state index is 6.51. The van der Waals surface area contributed by atoms with Crippen molar-refractivity contribution in [2.75, 3.05) is 38.9 Å². The molecule has 1 aromatic carbocycles. The van der Waals surface area contributed by atoms with Crippen molar-refractivity contribution in [3.63, 3.8) is 0 Å². The molecule has 0 radical (unpaired) electrons. The third-order valence-corrected chi connectivity index (χ3v) is 4.61. The van der Waals surface area contributed by atoms with Crippen LogP contribution in [0.4, 0.5) is 11.8 Å². The SMILES string of the molecule is CCC.CNc1ncc2cc(-c3c(Cl)c(OC)cc(OC)c3Cl)nc(NC)c2n1. The van der Waals surface area contributed by atoms with Crippen LogP contribution in [0.5, 0.6) is 11.5 Å². The summed E-state index contributed by atoms with van der Waals surface area (Å²) < 4.78 is 10.7. The van der Waals surface area contributed by atoms with Gasteiger partial charge in [0.2, 0.25) is 5.95 Å². The Kier molecular flexibility index (Phi) is 8.10. The fraction of sp³-hybridized carbons (Fsp3) is 0.350. The molecule has 0 aliphatic rings. The van der Waals surface area contributed by atoms with Gasteiger partial charge in [0.25, 0.3) is 0 Å². The second-order valence-corrected chi connectivity index (χ2v) is 6.73. The quantitative estimate of drug-likeness (QED) is 0.543. The smallest absolute Gasteiger partial charge is 0.223 e. The third kappa shape index (κ3) is 4.74. The number of hydrogen-bond acceptors (Lipinski definition) is 7. The van der Waals surface area contributed by atoms with E-state index >= 15 is 0 Å². The molecule has 0 saturated carbocycles. The Bertz CT molecular complexity index is 970. The van der Waals surface area contributed by atoms with E-state index in [1.54, 1.807) is 26.4 Å². The van der Waals surface area contributed by atoms with Gasteiger partial charge in [-0.15, -0.1) is 0 Å². The summed E-state index contributed by atoms with van der Waals surface area (Å²) in [6.07, 6.45) is 2.96. The van der Waals surface area contributed by atoms with Gasteiger partial charge < -0.3 is 20.1 Å². The van der Waals surface area contributed by atoms with Gasteiger partial charge in [0.05, 0.1) is 30.0 Å². The third-order valence-electron chi connectivity index (χ3n) is 3.86. The largest absolute Gasteiger partial charge is 0.495 e. The Balaban J connectivity index is 0.000000941. The summed E-state index contributed by atoms with van der Waals surface area (Å²) in [5.41, 5.74) is 1.74. The van der Waals surface area contributed by atoms with Crippen LogP contribution in [-0.2, 0) is 0 Å². The maximum Gasteiger partial charge on any atom is 0.223 e. The molecule has 2 aromatic heterocycles. The second-order valence-electron chi connectivity index (χ2n) is 5.98. The molecule has 7 nitrogen and oxygen atoms in total. The normalized spacial score (nSPS) is 10.2. The summed E-state index contributed by atoms with van der Waals surface area (Å²) in [4.78, 5) is 13.3. The van der Waals surface area contributed by atoms with Crippen molar-refractivity contribution in [1.29, 1.82) is 0 Å². The summed E-state index contributed by atoms with van der Waals surface area (Å²) in [6.45, 7) is 4.25. The predicted octanol–water partition coefficient (Wildman–Crippen LogP) is 5.52. The lowest BCUT2D eigenvalue weighted by atomic mass is 10.1. The van der Waals surface area contributed by atoms with Crippen LogP contribution in [0, 0.1) is 0 Å². The highest BCUT2D eigenvalue weighted by Gasteiger charge is 2.21. The van der Waals surface area contributed by atoms with E-state index in [2.05, 4.69) is 39.4 Å². The highest BCUT2D eigenvalue weighted by atomic mass is 35.5. The summed E-state index contributed by atoms with van der Waals surface area (Å²) in [5, 5.41) is 7.44. The molecule has 0 fully saturated rings. The van der Waals surface area contributed by atoms with Crippen molar-refractivity contribution in [2.24, 2.45) is 0 Å². The minimum absolute atomic E-state index is 0.347. The highest BCUT2D eigenvalue weighted by Crippen LogP contribution is 2.46. The Labute approximate surface area is 180 Å². The van der Waals surface area contributed by atoms with E-state index in [1.807, 2.05) is 6.07 Å². The van der Waals surface area contributed by atoms with Crippen molar-refractivity contribution in [2.45, 2.75) is 20.3 Å². The molecule has 0 aliphatic carbocycles. The topological polar surface area (TPSA) is 81.2 Å². The summed E-state index contributed by atoms with van der Waals surface area (Å²) in [5.74, 6) is 1.96. The molecule has 2 N–H and O–H groups in total. The van der Waals surface area contributed by atoms with E-state index < -0.39 is 0 Å². The fourth-order valence-corrected chi connectivity index (χ4v) is 3.27. The number of nitrogens with zero attached hydrogens (tertiary/aromatic N) is 3. The summed E-state index contributed by atoms with van der Waals surface area (Å²) in [6, 6.07) is 3.46. The molecular weight excluding hydrogens is 413 g/mol. The zero-order valence-corrected chi connectivity index (χ0v) is 18.9. The van der Waals surface area contributed by atoms with Crippen molar-refractivity contribution in [1.82, 2.24) is 15.0 Å². The molecule has 2 heterocycles. The van der Waals surface area contributed by atoms with Gasteiger partial charge in [-0.3, -0.25) is 0 Å². The average molecular weight is 438 g/mol. The molecule has 0 aliphatic heterocycles. The molecule has 3 rings (SSSR count). The number of fused-ring (bicyclic) bond motifs is 1. The second kappa shape index (κ2) is 10.3. The van der Waals surface area contributed by atoms with Crippen LogP contribution in [-0.4, -0.2) is 43.3 Å². The number of halogens is 2. The molecule has 0 bridgehead atoms. The molecule has 156 valence electrons. The first-order valence-corrected chi connectivity index (χ1v) is 9.84. The lowest BCUT2D eigenvalue weighted by Crippen LogP contribution is -2.02. The van der Waals surface area contributed by atoms with Gasteiger partial charge in [-0.2, -0.15) is 0 Å². The lowest BCUT2D eigenvalue weighted by Gasteiger charge is -2.15. The zero-order valence-electron chi connectivity index (χ0n) is 17.4. The minimum atomic E-state index is 0.347. The molecule has 29 heavy (non-hydrogen) atoms. The predicted molar refractivity (Wildman–Crippen MR) is 121 cm³/mol. The number of pyridine rings is 1. The number of methoxy groups -OCH3 is 2. The monoisotopic (exact) mass is 437 g/mol. The van der Waals surface area contributed by atoms with Crippen LogP contribution in [0.25, 0.3) is 22.2 Å². The van der Waals surface area contributed by atoms with E-state index in [0.717, 1.165) is 5.39 Å². The fourth-order valence-electron chi connectivity index (χ4n) is 2.57. The summed E-state index contributed by atoms with van der Waals surface area (Å²) in [7, 11) is 6.57. The van der Waals surface area contributed by atoms with Crippen LogP contribution in [0.1, 0.15) is 20.3 Å². The van der Waals surface area contributed by atoms with E-state index in [1.165, 1.54) is 20.6 Å². The van der Waals surface area contributed by atoms with Gasteiger partial charge in [0, 0.05) is 37.3 Å². The van der Waals surface area contributed by atoms with Gasteiger partial charge in [-0.25, -0.2) is 15.0 Å². The number of ether oxygens (including phenoxy) is 2. The van der Waals surface area contributed by atoms with E-state index in [4.69, 9.17) is 32.7 Å². The van der Waals surface area contributed by atoms with E-state index in [9.17, 15) is 0 Å². The standard InChI is InChI=1S/C17H17Cl2N5O2.C3H8/c1-20-16-15-8(7-22-17(21-2)24-15)5-9(23-16)12-13(18)10(25-3)6-11(26-4)14(12)19;1-3-2/h5-7H,1-4H3,(H,20,23)(H,21,22,24);3H2,1-2H3. The Morgan fingerprint density at radius 2 is 1.52 bits per heavy atom. The van der Waals surface area contributed by atoms with Crippen LogP contribution in [0.15, 0.2) is 18.3 Å². The molecule has 3 aromatic rings. The van der Waals surface area contributed by atoms with Crippen LogP contribution >= 0.6 is 23.2 Å². The number of anilines is 2. The molecule has 9 heteroatoms. The zero-order chi connectivity index (χ0) is 21.6. The van der Waals surface area contributed by atoms with Crippen molar-refractivity contribution in [3.8, 4) is 22.8 Å². The van der Waals surface area contributed by atoms with Crippen molar-refractivity contribution >= 4 is 45.9 Å². The number of hydrogen-bond donors (Lipinski definition) is 2. The molecule has 0 atom stereocenters. The number of rotatable bonds is 5. The molecular formula is C20H25Cl2N5O2. The molecule has 0 unspecified atom stereocenters. The summed E-state index contributed by atoms with van der Waals surface area (Å²) >= 11 is 13.0. The van der Waals surface area contributed by atoms with Gasteiger partial charge >= 0.3 is 0 Å². The number of nitrogens with one attached hydrogen (secondary N) is 2. The lowest BCUT2D eigenvalue weighted by molar-refractivity contribution is 0.395. The van der Waals surface area contributed by atoms with Crippen molar-refractivity contribution in [3.05, 3.63) is 28.4 Å². The van der Waals surface area contributed by atoms with Crippen LogP contribution < -0.4 is 20.1 Å². The molecule has 0 spiro atoms. The van der Waals surface area contributed by atoms with Crippen LogP contribution in [0.3, 0.4) is 0 Å². The first-order chi connectivity index (χ1) is 13.9. The van der Waals surface area contributed by atoms with Gasteiger partial charge in [0.15, 0.2) is 5.82 Å². The van der Waals surface area contributed by atoms with Gasteiger partial charge in [-0.05, 0) is 6.07 Å². The van der Waals surface area contributed by atoms with Crippen molar-refractivity contribution < 1.29 is 9.47 Å². The van der Waals surface area contributed by atoms with Gasteiger partial charge in [-0.1, -0.05) is 43.5 Å². The average Bonchev–Trinajstić information content (AvgIpc) is 2.73. The Morgan fingerprint density at radius 3 is 2.00 bits per heavy atom. The van der Waals surface area contributed by atoms with Crippen LogP contribution in [0.2, 0.25) is 10.0 Å². The number of aromatic nitrogens is 3. The Hall–Kier alpha value is -2.51. The molecule has 0 saturated heterocycles.